The van der Waals surface area contributed by atoms with E-state index in [4.69, 9.17) is 5.73 Å². The third kappa shape index (κ3) is 5.06. The molecule has 1 saturated heterocycles. The first-order valence-electron chi connectivity index (χ1n) is 8.13. The van der Waals surface area contributed by atoms with Crippen molar-refractivity contribution in [3.05, 3.63) is 29.8 Å². The number of hydrogen-bond donors (Lipinski definition) is 1. The summed E-state index contributed by atoms with van der Waals surface area (Å²) in [6, 6.07) is 6.93. The number of aliphatic imine (C=N–C) groups is 1. The van der Waals surface area contributed by atoms with Crippen LogP contribution in [0.3, 0.4) is 0 Å². The first kappa shape index (κ1) is 21.2. The molecule has 0 aliphatic carbocycles. The van der Waals surface area contributed by atoms with Crippen LogP contribution in [0, 0.1) is 0 Å². The van der Waals surface area contributed by atoms with Crippen molar-refractivity contribution in [2.45, 2.75) is 38.1 Å². The molecule has 0 amide bonds. The molecule has 2 rings (SSSR count). The number of halogens is 1. The first-order valence-corrected chi connectivity index (χ1v) is 9.57. The van der Waals surface area contributed by atoms with Gasteiger partial charge in [-0.2, -0.15) is 4.31 Å². The van der Waals surface area contributed by atoms with Crippen molar-refractivity contribution < 1.29 is 8.42 Å². The highest BCUT2D eigenvalue weighted by molar-refractivity contribution is 14.0. The highest BCUT2D eigenvalue weighted by Crippen LogP contribution is 2.21. The molecule has 1 heterocycles. The highest BCUT2D eigenvalue weighted by Gasteiger charge is 2.26. The van der Waals surface area contributed by atoms with Gasteiger partial charge in [0.2, 0.25) is 10.0 Å². The smallest absolute Gasteiger partial charge is 0.243 e. The van der Waals surface area contributed by atoms with Gasteiger partial charge in [0.05, 0.1) is 11.4 Å². The topological polar surface area (TPSA) is 79.0 Å². The number of benzene rings is 1. The average molecular weight is 466 g/mol. The van der Waals surface area contributed by atoms with Crippen molar-refractivity contribution >= 4 is 40.0 Å². The molecule has 0 spiro atoms. The molecule has 0 radical (unpaired) electrons. The van der Waals surface area contributed by atoms with Crippen LogP contribution in [0.25, 0.3) is 0 Å². The molecular weight excluding hydrogens is 439 g/mol. The summed E-state index contributed by atoms with van der Waals surface area (Å²) in [6.07, 6.45) is 1.88. The zero-order valence-electron chi connectivity index (χ0n) is 14.3. The van der Waals surface area contributed by atoms with Gasteiger partial charge in [-0.15, -0.1) is 24.0 Å². The molecule has 1 fully saturated rings. The molecule has 24 heavy (non-hydrogen) atoms. The van der Waals surface area contributed by atoms with E-state index in [9.17, 15) is 8.42 Å². The summed E-state index contributed by atoms with van der Waals surface area (Å²) in [5, 5.41) is 0. The predicted octanol–water partition coefficient (Wildman–Crippen LogP) is 2.25. The minimum atomic E-state index is -3.34. The number of nitrogens with two attached hydrogens (primary N) is 1. The summed E-state index contributed by atoms with van der Waals surface area (Å²) < 4.78 is 26.5. The largest absolute Gasteiger partial charge is 0.370 e. The molecule has 1 aromatic rings. The average Bonchev–Trinajstić information content (AvgIpc) is 3.10. The van der Waals surface area contributed by atoms with Gasteiger partial charge in [0.1, 0.15) is 0 Å². The molecule has 1 aliphatic heterocycles. The van der Waals surface area contributed by atoms with Gasteiger partial charge < -0.3 is 10.6 Å². The molecule has 1 aromatic carbocycles. The lowest BCUT2D eigenvalue weighted by Gasteiger charge is -2.19. The Morgan fingerprint density at radius 3 is 2.21 bits per heavy atom. The molecular formula is C16H27IN4O2S. The normalized spacial score (nSPS) is 16.0. The Balaban J connectivity index is 0.00000288. The maximum Gasteiger partial charge on any atom is 0.243 e. The van der Waals surface area contributed by atoms with Gasteiger partial charge in [0.25, 0.3) is 0 Å². The van der Waals surface area contributed by atoms with Gasteiger partial charge in [-0.25, -0.2) is 13.4 Å². The molecule has 136 valence electrons. The Bertz CT molecular complexity index is 637. The minimum Gasteiger partial charge on any atom is -0.370 e. The number of rotatable bonds is 6. The van der Waals surface area contributed by atoms with Gasteiger partial charge >= 0.3 is 0 Å². The van der Waals surface area contributed by atoms with Gasteiger partial charge in [0.15, 0.2) is 5.96 Å². The fourth-order valence-corrected chi connectivity index (χ4v) is 4.18. The molecule has 0 atom stereocenters. The zero-order valence-corrected chi connectivity index (χ0v) is 17.5. The lowest BCUT2D eigenvalue weighted by atomic mass is 10.2. The predicted molar refractivity (Wildman–Crippen MR) is 108 cm³/mol. The Morgan fingerprint density at radius 2 is 1.71 bits per heavy atom. The van der Waals surface area contributed by atoms with Crippen LogP contribution in [-0.2, 0) is 16.6 Å². The maximum atomic E-state index is 12.5. The number of nitrogens with zero attached hydrogens (tertiary/aromatic N) is 3. The van der Waals surface area contributed by atoms with Crippen LogP contribution >= 0.6 is 24.0 Å². The Kier molecular flexibility index (Phi) is 8.44. The third-order valence-electron chi connectivity index (χ3n) is 4.14. The van der Waals surface area contributed by atoms with Crippen molar-refractivity contribution in [3.8, 4) is 0 Å². The third-order valence-corrected chi connectivity index (χ3v) is 6.05. The van der Waals surface area contributed by atoms with E-state index in [-0.39, 0.29) is 24.0 Å². The quantitative estimate of drug-likeness (QED) is 0.396. The van der Waals surface area contributed by atoms with Crippen molar-refractivity contribution in [2.24, 2.45) is 10.7 Å². The molecule has 2 N–H and O–H groups in total. The summed E-state index contributed by atoms with van der Waals surface area (Å²) in [4.78, 5) is 6.70. The summed E-state index contributed by atoms with van der Waals surface area (Å²) in [5.41, 5.74) is 6.89. The molecule has 0 bridgehead atoms. The van der Waals surface area contributed by atoms with Crippen LogP contribution < -0.4 is 5.73 Å². The molecule has 0 aromatic heterocycles. The van der Waals surface area contributed by atoms with E-state index < -0.39 is 10.0 Å². The van der Waals surface area contributed by atoms with E-state index in [1.807, 2.05) is 30.9 Å². The van der Waals surface area contributed by atoms with Crippen LogP contribution in [0.15, 0.2) is 34.2 Å². The Hall–Kier alpha value is -0.870. The maximum absolute atomic E-state index is 12.5. The highest BCUT2D eigenvalue weighted by atomic mass is 127. The number of hydrogen-bond acceptors (Lipinski definition) is 3. The summed E-state index contributed by atoms with van der Waals surface area (Å²) in [6.45, 7) is 7.39. The molecule has 1 aliphatic rings. The van der Waals surface area contributed by atoms with E-state index in [2.05, 4.69) is 4.99 Å². The second-order valence-electron chi connectivity index (χ2n) is 5.60. The van der Waals surface area contributed by atoms with Gasteiger partial charge in [0, 0.05) is 26.2 Å². The van der Waals surface area contributed by atoms with Crippen molar-refractivity contribution in [1.82, 2.24) is 9.21 Å². The second-order valence-corrected chi connectivity index (χ2v) is 7.54. The van der Waals surface area contributed by atoms with Crippen LogP contribution in [0.4, 0.5) is 0 Å². The monoisotopic (exact) mass is 466 g/mol. The van der Waals surface area contributed by atoms with Gasteiger partial charge in [-0.05, 0) is 44.4 Å². The summed E-state index contributed by atoms with van der Waals surface area (Å²) >= 11 is 0. The standard InChI is InChI=1S/C16H26N4O2S.HI/c1-3-19(4-2)16(17)18-13-14-7-9-15(10-8-14)23(21,22)20-11-5-6-12-20;/h7-10H,3-6,11-13H2,1-2H3,(H2,17,18);1H. The molecule has 6 nitrogen and oxygen atoms in total. The van der Waals surface area contributed by atoms with E-state index in [0.29, 0.717) is 30.5 Å². The number of guanidine groups is 1. The van der Waals surface area contributed by atoms with Gasteiger partial charge in [-0.1, -0.05) is 12.1 Å². The fourth-order valence-electron chi connectivity index (χ4n) is 2.66. The van der Waals surface area contributed by atoms with Crippen LogP contribution in [0.2, 0.25) is 0 Å². The Labute approximate surface area is 162 Å². The van der Waals surface area contributed by atoms with Gasteiger partial charge in [-0.3, -0.25) is 0 Å². The number of sulfonamides is 1. The lowest BCUT2D eigenvalue weighted by molar-refractivity contribution is 0.458. The van der Waals surface area contributed by atoms with E-state index in [1.165, 1.54) is 0 Å². The van der Waals surface area contributed by atoms with Crippen LogP contribution in [0.1, 0.15) is 32.3 Å². The van der Waals surface area contributed by atoms with E-state index in [1.54, 1.807) is 16.4 Å². The lowest BCUT2D eigenvalue weighted by Crippen LogP contribution is -2.37. The second kappa shape index (κ2) is 9.57. The van der Waals surface area contributed by atoms with E-state index >= 15 is 0 Å². The summed E-state index contributed by atoms with van der Waals surface area (Å²) in [5.74, 6) is 0.517. The van der Waals surface area contributed by atoms with E-state index in [0.717, 1.165) is 31.5 Å². The van der Waals surface area contributed by atoms with Crippen LogP contribution in [-0.4, -0.2) is 49.8 Å². The van der Waals surface area contributed by atoms with Crippen LogP contribution in [0.5, 0.6) is 0 Å². The Morgan fingerprint density at radius 1 is 1.17 bits per heavy atom. The van der Waals surface area contributed by atoms with Crippen molar-refractivity contribution in [1.29, 1.82) is 0 Å². The fraction of sp³-hybridized carbons (Fsp3) is 0.562. The SMILES string of the molecule is CCN(CC)C(N)=NCc1ccc(S(=O)(=O)N2CCCC2)cc1.I. The summed E-state index contributed by atoms with van der Waals surface area (Å²) in [7, 11) is -3.34. The van der Waals surface area contributed by atoms with Crippen molar-refractivity contribution in [2.75, 3.05) is 26.2 Å². The zero-order chi connectivity index (χ0) is 16.9. The first-order chi connectivity index (χ1) is 11.0. The minimum absolute atomic E-state index is 0. The molecule has 0 unspecified atom stereocenters. The molecule has 0 saturated carbocycles. The van der Waals surface area contributed by atoms with Crippen molar-refractivity contribution in [3.63, 3.8) is 0 Å². The molecule has 8 heteroatoms.